The molecular formula is C39H41ClFN3O5Si. The first-order valence-corrected chi connectivity index (χ1v) is 20.1. The molecule has 0 aliphatic carbocycles. The van der Waals surface area contributed by atoms with Crippen molar-refractivity contribution in [1.29, 1.82) is 0 Å². The molecule has 0 radical (unpaired) electrons. The lowest BCUT2D eigenvalue weighted by molar-refractivity contribution is -0.150. The van der Waals surface area contributed by atoms with Crippen molar-refractivity contribution < 1.29 is 28.3 Å². The van der Waals surface area contributed by atoms with Crippen molar-refractivity contribution in [1.82, 2.24) is 4.90 Å². The maximum Gasteiger partial charge on any atom is 0.264 e. The SMILES string of the molecule is C[C@H]1[C@H]([Si](C)(C)F)[C@@H](CC(=O)N(CCO)Cc2ccccc2)O[C@]12C(=O)N(Cc1cccc(N(C=O)c3ccccc3)c1)c1ccc(Cl)cc12. The summed E-state index contributed by atoms with van der Waals surface area (Å²) in [6, 6.07) is 31.3. The molecule has 50 heavy (non-hydrogen) atoms. The fourth-order valence-electron chi connectivity index (χ4n) is 7.74. The normalized spacial score (nSPS) is 21.4. The molecule has 6 rings (SSSR count). The molecule has 4 aromatic carbocycles. The number of hydrogen-bond acceptors (Lipinski definition) is 5. The summed E-state index contributed by atoms with van der Waals surface area (Å²) in [4.78, 5) is 45.6. The van der Waals surface area contributed by atoms with E-state index >= 15 is 4.11 Å². The standard InChI is InChI=1S/C39H41ClFN3O5Si/c1-27-37(50(2,3)41)35(23-36(47)42(19-20-45)24-28-11-6-4-7-12-28)49-39(27)33-22-30(40)17-18-34(33)43(38(39)48)25-29-13-10-16-32(21-29)44(26-46)31-14-8-5-9-15-31/h4-18,21-22,26-27,35,37,45H,19-20,23-25H2,1-3H3/t27-,35+,37-,39+/m0/s1. The van der Waals surface area contributed by atoms with Gasteiger partial charge < -0.3 is 23.8 Å². The van der Waals surface area contributed by atoms with Crippen molar-refractivity contribution in [2.45, 2.75) is 56.8 Å². The van der Waals surface area contributed by atoms with Crippen LogP contribution in [0, 0.1) is 5.92 Å². The molecule has 1 fully saturated rings. The number of rotatable bonds is 12. The number of amides is 3. The second-order valence-electron chi connectivity index (χ2n) is 13.5. The van der Waals surface area contributed by atoms with Crippen LogP contribution >= 0.6 is 11.6 Å². The van der Waals surface area contributed by atoms with Crippen LogP contribution in [-0.2, 0) is 37.8 Å². The van der Waals surface area contributed by atoms with Crippen LogP contribution in [0.1, 0.15) is 30.0 Å². The molecule has 2 heterocycles. The third kappa shape index (κ3) is 6.73. The van der Waals surface area contributed by atoms with E-state index in [0.29, 0.717) is 27.6 Å². The number of aliphatic hydroxyl groups excluding tert-OH is 1. The zero-order valence-electron chi connectivity index (χ0n) is 28.3. The number of halogens is 2. The highest BCUT2D eigenvalue weighted by Crippen LogP contribution is 2.60. The molecule has 2 aliphatic heterocycles. The van der Waals surface area contributed by atoms with Crippen LogP contribution in [0.25, 0.3) is 0 Å². The van der Waals surface area contributed by atoms with Crippen molar-refractivity contribution in [3.05, 3.63) is 125 Å². The van der Waals surface area contributed by atoms with E-state index in [1.165, 1.54) is 4.90 Å². The van der Waals surface area contributed by atoms with E-state index < -0.39 is 31.6 Å². The Balaban J connectivity index is 1.33. The zero-order valence-corrected chi connectivity index (χ0v) is 30.1. The van der Waals surface area contributed by atoms with Crippen LogP contribution in [0.15, 0.2) is 103 Å². The third-order valence-corrected chi connectivity index (χ3v) is 12.6. The number of nitrogens with zero attached hydrogens (tertiary/aromatic N) is 3. The van der Waals surface area contributed by atoms with Gasteiger partial charge in [-0.25, -0.2) is 0 Å². The Morgan fingerprint density at radius 2 is 1.64 bits per heavy atom. The van der Waals surface area contributed by atoms with Crippen LogP contribution in [0.5, 0.6) is 0 Å². The predicted octanol–water partition coefficient (Wildman–Crippen LogP) is 7.37. The highest BCUT2D eigenvalue weighted by molar-refractivity contribution is 6.72. The number of aliphatic hydroxyl groups is 1. The van der Waals surface area contributed by atoms with E-state index in [0.717, 1.165) is 17.5 Å². The highest BCUT2D eigenvalue weighted by atomic mass is 35.5. The first kappa shape index (κ1) is 35.5. The average Bonchev–Trinajstić information content (AvgIpc) is 3.52. The molecular weight excluding hydrogens is 673 g/mol. The molecule has 4 atom stereocenters. The summed E-state index contributed by atoms with van der Waals surface area (Å²) in [5, 5.41) is 10.2. The molecule has 3 amide bonds. The Kier molecular flexibility index (Phi) is 10.3. The summed E-state index contributed by atoms with van der Waals surface area (Å²) in [5.41, 5.74) is 1.90. The lowest BCUT2D eigenvalue weighted by Crippen LogP contribution is -2.45. The summed E-state index contributed by atoms with van der Waals surface area (Å²) >= 11 is 6.54. The number of fused-ring (bicyclic) bond motifs is 2. The molecule has 2 aliphatic rings. The summed E-state index contributed by atoms with van der Waals surface area (Å²) in [6.45, 7) is 5.35. The van der Waals surface area contributed by atoms with Crippen molar-refractivity contribution in [2.75, 3.05) is 23.0 Å². The third-order valence-electron chi connectivity index (χ3n) is 9.91. The van der Waals surface area contributed by atoms with Gasteiger partial charge in [0, 0.05) is 46.5 Å². The number of anilines is 3. The van der Waals surface area contributed by atoms with Gasteiger partial charge in [-0.3, -0.25) is 19.3 Å². The molecule has 0 aromatic heterocycles. The minimum absolute atomic E-state index is 0.109. The Hall–Kier alpha value is -4.35. The number of para-hydroxylation sites is 1. The van der Waals surface area contributed by atoms with Crippen molar-refractivity contribution in [3.63, 3.8) is 0 Å². The summed E-state index contributed by atoms with van der Waals surface area (Å²) in [6.07, 6.45) is -0.273. The molecule has 4 aromatic rings. The van der Waals surface area contributed by atoms with Gasteiger partial charge >= 0.3 is 0 Å². The van der Waals surface area contributed by atoms with E-state index in [9.17, 15) is 19.5 Å². The average molecular weight is 714 g/mol. The van der Waals surface area contributed by atoms with Gasteiger partial charge in [-0.05, 0) is 66.7 Å². The minimum atomic E-state index is -3.54. The fourth-order valence-corrected chi connectivity index (χ4v) is 10.4. The molecule has 0 unspecified atom stereocenters. The number of carbonyl (C=O) groups is 3. The van der Waals surface area contributed by atoms with Gasteiger partial charge in [0.1, 0.15) is 0 Å². The molecule has 1 spiro atoms. The molecule has 0 saturated carbocycles. The van der Waals surface area contributed by atoms with E-state index in [2.05, 4.69) is 0 Å². The molecule has 0 bridgehead atoms. The number of hydrogen-bond donors (Lipinski definition) is 1. The first-order chi connectivity index (χ1) is 24.0. The Morgan fingerprint density at radius 1 is 0.980 bits per heavy atom. The van der Waals surface area contributed by atoms with Gasteiger partial charge in [-0.1, -0.05) is 79.2 Å². The van der Waals surface area contributed by atoms with E-state index in [1.54, 1.807) is 41.1 Å². The molecule has 8 nitrogen and oxygen atoms in total. The highest BCUT2D eigenvalue weighted by Gasteiger charge is 2.67. The largest absolute Gasteiger partial charge is 0.395 e. The Labute approximate surface area is 298 Å². The maximum absolute atomic E-state index is 16.4. The quantitative estimate of drug-likeness (QED) is 0.0941. The van der Waals surface area contributed by atoms with E-state index in [4.69, 9.17) is 16.3 Å². The molecule has 1 N–H and O–H groups in total. The Bertz CT molecular complexity index is 1860. The van der Waals surface area contributed by atoms with E-state index in [1.807, 2.05) is 91.9 Å². The van der Waals surface area contributed by atoms with Crippen molar-refractivity contribution in [3.8, 4) is 0 Å². The van der Waals surface area contributed by atoms with Gasteiger partial charge in [0.25, 0.3) is 5.91 Å². The van der Waals surface area contributed by atoms with Crippen LogP contribution in [0.2, 0.25) is 23.7 Å². The second-order valence-corrected chi connectivity index (χ2v) is 17.8. The van der Waals surface area contributed by atoms with Crippen LogP contribution < -0.4 is 9.80 Å². The number of benzene rings is 4. The topological polar surface area (TPSA) is 90.4 Å². The van der Waals surface area contributed by atoms with Crippen LogP contribution in [0.4, 0.5) is 21.2 Å². The van der Waals surface area contributed by atoms with Crippen molar-refractivity contribution in [2.24, 2.45) is 5.92 Å². The van der Waals surface area contributed by atoms with Gasteiger partial charge in [0.05, 0.1) is 31.4 Å². The second kappa shape index (κ2) is 14.5. The Morgan fingerprint density at radius 3 is 2.30 bits per heavy atom. The monoisotopic (exact) mass is 713 g/mol. The smallest absolute Gasteiger partial charge is 0.264 e. The molecule has 260 valence electrons. The summed E-state index contributed by atoms with van der Waals surface area (Å²) in [7, 11) is -3.54. The van der Waals surface area contributed by atoms with Gasteiger partial charge in [0.15, 0.2) is 5.60 Å². The summed E-state index contributed by atoms with van der Waals surface area (Å²) < 4.78 is 23.2. The number of carbonyl (C=O) groups excluding carboxylic acids is 3. The first-order valence-electron chi connectivity index (χ1n) is 16.8. The maximum atomic E-state index is 16.4. The summed E-state index contributed by atoms with van der Waals surface area (Å²) in [5.74, 6) is -1.25. The molecule has 11 heteroatoms. The fraction of sp³-hybridized carbons (Fsp3) is 0.308. The van der Waals surface area contributed by atoms with Crippen LogP contribution in [-0.4, -0.2) is 55.9 Å². The zero-order chi connectivity index (χ0) is 35.6. The lowest BCUT2D eigenvalue weighted by atomic mass is 9.82. The van der Waals surface area contributed by atoms with Gasteiger partial charge in [-0.2, -0.15) is 0 Å². The van der Waals surface area contributed by atoms with Crippen molar-refractivity contribution >= 4 is 55.3 Å². The van der Waals surface area contributed by atoms with E-state index in [-0.39, 0.29) is 44.5 Å². The van der Waals surface area contributed by atoms with Gasteiger partial charge in [0.2, 0.25) is 20.7 Å². The molecule has 1 saturated heterocycles. The predicted molar refractivity (Wildman–Crippen MR) is 195 cm³/mol. The van der Waals surface area contributed by atoms with Crippen LogP contribution in [0.3, 0.4) is 0 Å². The lowest BCUT2D eigenvalue weighted by Gasteiger charge is -2.31. The minimum Gasteiger partial charge on any atom is -0.395 e. The van der Waals surface area contributed by atoms with Gasteiger partial charge in [-0.15, -0.1) is 0 Å². The number of ether oxygens (including phenoxy) is 1.